The Hall–Kier alpha value is -4.12. The molecule has 2 aromatic rings. The third-order valence-corrected chi connectivity index (χ3v) is 3.51. The number of imide groups is 1. The fourth-order valence-electron chi connectivity index (χ4n) is 2.23. The van der Waals surface area contributed by atoms with Crippen LogP contribution in [0.4, 0.5) is 17.1 Å². The Morgan fingerprint density at radius 2 is 1.85 bits per heavy atom. The number of benzene rings is 2. The number of carbonyl (C=O) groups is 3. The largest absolute Gasteiger partial charge is 0.478 e. The van der Waals surface area contributed by atoms with Crippen LogP contribution in [0, 0.1) is 11.3 Å². The molecule has 0 aliphatic carbocycles. The Morgan fingerprint density at radius 1 is 1.19 bits per heavy atom. The van der Waals surface area contributed by atoms with Crippen LogP contribution in [0.15, 0.2) is 60.3 Å². The van der Waals surface area contributed by atoms with E-state index in [-0.39, 0.29) is 16.8 Å². The first-order chi connectivity index (χ1) is 12.8. The molecular formula is C19H16N4O4. The molecule has 0 aliphatic heterocycles. The maximum Gasteiger partial charge on any atom is 0.335 e. The number of nitriles is 1. The SMILES string of the molecule is CC(=O)N(C(=O)/C(C#N)=C\Nc1cccc(C(=O)O)c1)c1ccc(N)cc1. The molecule has 27 heavy (non-hydrogen) atoms. The van der Waals surface area contributed by atoms with Crippen molar-refractivity contribution in [3.63, 3.8) is 0 Å². The molecule has 136 valence electrons. The molecule has 0 bridgehead atoms. The van der Waals surface area contributed by atoms with Crippen LogP contribution in [0.1, 0.15) is 17.3 Å². The number of carbonyl (C=O) groups excluding carboxylic acids is 2. The van der Waals surface area contributed by atoms with E-state index in [2.05, 4.69) is 5.32 Å². The van der Waals surface area contributed by atoms with E-state index in [1.807, 2.05) is 0 Å². The van der Waals surface area contributed by atoms with Crippen LogP contribution < -0.4 is 16.0 Å². The van der Waals surface area contributed by atoms with E-state index in [0.29, 0.717) is 11.4 Å². The number of aromatic carboxylic acids is 1. The summed E-state index contributed by atoms with van der Waals surface area (Å²) in [6.07, 6.45) is 1.12. The molecule has 0 fully saturated rings. The van der Waals surface area contributed by atoms with Gasteiger partial charge in [0.25, 0.3) is 5.91 Å². The van der Waals surface area contributed by atoms with E-state index in [9.17, 15) is 19.6 Å². The molecule has 0 spiro atoms. The van der Waals surface area contributed by atoms with E-state index in [0.717, 1.165) is 11.1 Å². The van der Waals surface area contributed by atoms with E-state index in [1.54, 1.807) is 12.1 Å². The first-order valence-corrected chi connectivity index (χ1v) is 7.74. The highest BCUT2D eigenvalue weighted by molar-refractivity contribution is 6.21. The predicted molar refractivity (Wildman–Crippen MR) is 99.7 cm³/mol. The van der Waals surface area contributed by atoms with Gasteiger partial charge >= 0.3 is 5.97 Å². The summed E-state index contributed by atoms with van der Waals surface area (Å²) in [5.74, 6) is -2.50. The molecule has 8 nitrogen and oxygen atoms in total. The van der Waals surface area contributed by atoms with Gasteiger partial charge in [0.15, 0.2) is 0 Å². The van der Waals surface area contributed by atoms with E-state index < -0.39 is 17.8 Å². The van der Waals surface area contributed by atoms with Gasteiger partial charge in [-0.3, -0.25) is 9.59 Å². The lowest BCUT2D eigenvalue weighted by Gasteiger charge is -2.19. The third kappa shape index (κ3) is 4.70. The summed E-state index contributed by atoms with van der Waals surface area (Å²) in [6, 6.07) is 13.6. The van der Waals surface area contributed by atoms with Crippen molar-refractivity contribution in [2.24, 2.45) is 0 Å². The minimum absolute atomic E-state index is 0.0467. The molecule has 4 N–H and O–H groups in total. The van der Waals surface area contributed by atoms with Crippen molar-refractivity contribution < 1.29 is 19.5 Å². The number of carboxylic acids is 1. The van der Waals surface area contributed by atoms with Gasteiger partial charge in [0.05, 0.1) is 11.3 Å². The number of hydrogen-bond donors (Lipinski definition) is 3. The summed E-state index contributed by atoms with van der Waals surface area (Å²) in [6.45, 7) is 1.20. The zero-order valence-electron chi connectivity index (χ0n) is 14.3. The number of nitrogens with zero attached hydrogens (tertiary/aromatic N) is 2. The molecule has 0 atom stereocenters. The van der Waals surface area contributed by atoms with Gasteiger partial charge in [0, 0.05) is 24.5 Å². The lowest BCUT2D eigenvalue weighted by atomic mass is 10.2. The van der Waals surface area contributed by atoms with Crippen LogP contribution in [-0.2, 0) is 9.59 Å². The molecule has 8 heteroatoms. The normalized spacial score (nSPS) is 10.6. The summed E-state index contributed by atoms with van der Waals surface area (Å²) in [5, 5.41) is 21.0. The van der Waals surface area contributed by atoms with Crippen molar-refractivity contribution in [1.82, 2.24) is 0 Å². The molecule has 0 heterocycles. The first-order valence-electron chi connectivity index (χ1n) is 7.74. The monoisotopic (exact) mass is 364 g/mol. The van der Waals surface area contributed by atoms with Crippen molar-refractivity contribution in [3.05, 3.63) is 65.9 Å². The number of nitrogens with one attached hydrogen (secondary N) is 1. The quantitative estimate of drug-likeness (QED) is 0.421. The highest BCUT2D eigenvalue weighted by Crippen LogP contribution is 2.19. The third-order valence-electron chi connectivity index (χ3n) is 3.51. The zero-order valence-corrected chi connectivity index (χ0v) is 14.3. The Morgan fingerprint density at radius 3 is 2.41 bits per heavy atom. The van der Waals surface area contributed by atoms with Gasteiger partial charge in [0.1, 0.15) is 11.6 Å². The lowest BCUT2D eigenvalue weighted by Crippen LogP contribution is -2.36. The lowest BCUT2D eigenvalue weighted by molar-refractivity contribution is -0.123. The van der Waals surface area contributed by atoms with Crippen molar-refractivity contribution in [3.8, 4) is 6.07 Å². The Balaban J connectivity index is 2.30. The number of nitrogens with two attached hydrogens (primary N) is 1. The zero-order chi connectivity index (χ0) is 20.0. The summed E-state index contributed by atoms with van der Waals surface area (Å²) < 4.78 is 0. The van der Waals surface area contributed by atoms with Gasteiger partial charge in [-0.15, -0.1) is 0 Å². The maximum atomic E-state index is 12.6. The highest BCUT2D eigenvalue weighted by atomic mass is 16.4. The summed E-state index contributed by atoms with van der Waals surface area (Å²) in [4.78, 5) is 36.4. The second-order valence-electron chi connectivity index (χ2n) is 5.45. The van der Waals surface area contributed by atoms with Gasteiger partial charge in [-0.2, -0.15) is 5.26 Å². The molecule has 0 aliphatic rings. The van der Waals surface area contributed by atoms with Crippen molar-refractivity contribution >= 4 is 34.8 Å². The van der Waals surface area contributed by atoms with Crippen LogP contribution in [0.3, 0.4) is 0 Å². The van der Waals surface area contributed by atoms with Crippen LogP contribution >= 0.6 is 0 Å². The fraction of sp³-hybridized carbons (Fsp3) is 0.0526. The van der Waals surface area contributed by atoms with Crippen LogP contribution in [0.25, 0.3) is 0 Å². The Kier molecular flexibility index (Phi) is 5.91. The maximum absolute atomic E-state index is 12.6. The van der Waals surface area contributed by atoms with Crippen molar-refractivity contribution in [1.29, 1.82) is 5.26 Å². The van der Waals surface area contributed by atoms with Gasteiger partial charge in [-0.25, -0.2) is 9.69 Å². The number of amides is 2. The molecule has 2 amide bonds. The van der Waals surface area contributed by atoms with E-state index in [4.69, 9.17) is 10.8 Å². The molecule has 0 radical (unpaired) electrons. The molecular weight excluding hydrogens is 348 g/mol. The minimum atomic E-state index is -1.11. The van der Waals surface area contributed by atoms with Gasteiger partial charge in [-0.05, 0) is 42.5 Å². The van der Waals surface area contributed by atoms with E-state index in [1.165, 1.54) is 49.4 Å². The van der Waals surface area contributed by atoms with Gasteiger partial charge in [-0.1, -0.05) is 6.07 Å². The Labute approximate surface area is 155 Å². The number of rotatable bonds is 5. The molecule has 2 aromatic carbocycles. The van der Waals surface area contributed by atoms with Crippen molar-refractivity contribution in [2.75, 3.05) is 16.0 Å². The summed E-state index contributed by atoms with van der Waals surface area (Å²) in [5.41, 5.74) is 6.43. The highest BCUT2D eigenvalue weighted by Gasteiger charge is 2.23. The summed E-state index contributed by atoms with van der Waals surface area (Å²) in [7, 11) is 0. The number of anilines is 3. The van der Waals surface area contributed by atoms with Crippen LogP contribution in [0.5, 0.6) is 0 Å². The molecule has 0 unspecified atom stereocenters. The molecule has 2 rings (SSSR count). The Bertz CT molecular complexity index is 958. The second-order valence-corrected chi connectivity index (χ2v) is 5.45. The average molecular weight is 364 g/mol. The summed E-state index contributed by atoms with van der Waals surface area (Å²) >= 11 is 0. The topological polar surface area (TPSA) is 137 Å². The van der Waals surface area contributed by atoms with Crippen molar-refractivity contribution in [2.45, 2.75) is 6.92 Å². The van der Waals surface area contributed by atoms with Gasteiger partial charge in [0.2, 0.25) is 5.91 Å². The average Bonchev–Trinajstić information content (AvgIpc) is 2.64. The standard InChI is InChI=1S/C19H16N4O4/c1-12(24)23(17-7-5-15(21)6-8-17)18(25)14(10-20)11-22-16-4-2-3-13(9-16)19(26)27/h2-9,11,22H,21H2,1H3,(H,26,27)/b14-11-. The number of hydrogen-bond acceptors (Lipinski definition) is 6. The fourth-order valence-corrected chi connectivity index (χ4v) is 2.23. The van der Waals surface area contributed by atoms with Crippen LogP contribution in [-0.4, -0.2) is 22.9 Å². The second kappa shape index (κ2) is 8.31. The number of carboxylic acid groups (broad SMARTS) is 1. The molecule has 0 saturated carbocycles. The molecule has 0 saturated heterocycles. The molecule has 0 aromatic heterocycles. The first kappa shape index (κ1) is 19.2. The predicted octanol–water partition coefficient (Wildman–Crippen LogP) is 2.37. The van der Waals surface area contributed by atoms with Gasteiger partial charge < -0.3 is 16.2 Å². The minimum Gasteiger partial charge on any atom is -0.478 e. The number of nitrogen functional groups attached to an aromatic ring is 1. The smallest absolute Gasteiger partial charge is 0.335 e. The van der Waals surface area contributed by atoms with Crippen LogP contribution in [0.2, 0.25) is 0 Å². The van der Waals surface area contributed by atoms with E-state index >= 15 is 0 Å².